The molecule has 0 amide bonds. The second-order valence-corrected chi connectivity index (χ2v) is 2.23. The maximum atomic E-state index is 8.55. The number of rotatable bonds is 4. The zero-order chi connectivity index (χ0) is 8.10. The van der Waals surface area contributed by atoms with E-state index >= 15 is 0 Å². The first-order valence-corrected chi connectivity index (χ1v) is 3.51. The van der Waals surface area contributed by atoms with Crippen LogP contribution in [0.1, 0.15) is 5.69 Å². The van der Waals surface area contributed by atoms with E-state index < -0.39 is 0 Å². The Morgan fingerprint density at radius 2 is 2.55 bits per heavy atom. The molecule has 0 fully saturated rings. The van der Waals surface area contributed by atoms with Crippen LogP contribution in [0, 0.1) is 0 Å². The van der Waals surface area contributed by atoms with Crippen molar-refractivity contribution in [3.05, 3.63) is 11.9 Å². The van der Waals surface area contributed by atoms with Crippen LogP contribution >= 0.6 is 0 Å². The lowest BCUT2D eigenvalue weighted by Gasteiger charge is -1.92. The molecule has 5 heteroatoms. The summed E-state index contributed by atoms with van der Waals surface area (Å²) < 4.78 is 1.62. The zero-order valence-corrected chi connectivity index (χ0v) is 6.49. The summed E-state index contributed by atoms with van der Waals surface area (Å²) in [7, 11) is 1.85. The van der Waals surface area contributed by atoms with Gasteiger partial charge in [0, 0.05) is 12.7 Å². The molecule has 0 radical (unpaired) electrons. The highest BCUT2D eigenvalue weighted by Crippen LogP contribution is 1.90. The van der Waals surface area contributed by atoms with Gasteiger partial charge in [0.15, 0.2) is 0 Å². The van der Waals surface area contributed by atoms with Crippen LogP contribution in [0.15, 0.2) is 6.20 Å². The molecule has 62 valence electrons. The van der Waals surface area contributed by atoms with E-state index in [1.807, 2.05) is 13.2 Å². The Balaban J connectivity index is 2.51. The quantitative estimate of drug-likeness (QED) is 0.586. The molecule has 5 nitrogen and oxygen atoms in total. The summed E-state index contributed by atoms with van der Waals surface area (Å²) in [6.45, 7) is 1.32. The maximum Gasteiger partial charge on any atom is 0.0964 e. The summed E-state index contributed by atoms with van der Waals surface area (Å²) in [5.74, 6) is 0. The molecule has 1 aromatic rings. The zero-order valence-electron chi connectivity index (χ0n) is 6.49. The van der Waals surface area contributed by atoms with Crippen molar-refractivity contribution in [1.29, 1.82) is 0 Å². The first-order valence-electron chi connectivity index (χ1n) is 3.51. The van der Waals surface area contributed by atoms with Crippen LogP contribution in [0.3, 0.4) is 0 Å². The lowest BCUT2D eigenvalue weighted by atomic mass is 10.5. The summed E-state index contributed by atoms with van der Waals surface area (Å²) in [5.41, 5.74) is 0.890. The number of nitrogens with zero attached hydrogens (tertiary/aromatic N) is 3. The second kappa shape index (κ2) is 4.05. The van der Waals surface area contributed by atoms with Crippen molar-refractivity contribution in [3.63, 3.8) is 0 Å². The molecule has 11 heavy (non-hydrogen) atoms. The molecule has 0 unspecified atom stereocenters. The Bertz CT molecular complexity index is 190. The molecule has 0 aromatic carbocycles. The van der Waals surface area contributed by atoms with Gasteiger partial charge < -0.3 is 10.4 Å². The fourth-order valence-electron chi connectivity index (χ4n) is 0.812. The Labute approximate surface area is 65.0 Å². The summed E-state index contributed by atoms with van der Waals surface area (Å²) in [4.78, 5) is 0. The van der Waals surface area contributed by atoms with Gasteiger partial charge in [0.05, 0.1) is 18.8 Å². The third kappa shape index (κ3) is 2.28. The molecular formula is C6H12N4O. The fraction of sp³-hybridized carbons (Fsp3) is 0.667. The first kappa shape index (κ1) is 8.16. The molecular weight excluding hydrogens is 144 g/mol. The average molecular weight is 156 g/mol. The summed E-state index contributed by atoms with van der Waals surface area (Å²) in [6, 6.07) is 0. The molecule has 1 rings (SSSR count). The smallest absolute Gasteiger partial charge is 0.0964 e. The van der Waals surface area contributed by atoms with Crippen LogP contribution in [-0.4, -0.2) is 33.8 Å². The lowest BCUT2D eigenvalue weighted by molar-refractivity contribution is 0.268. The summed E-state index contributed by atoms with van der Waals surface area (Å²) >= 11 is 0. The Kier molecular flexibility index (Phi) is 3.00. The molecule has 1 heterocycles. The van der Waals surface area contributed by atoms with Crippen LogP contribution < -0.4 is 5.32 Å². The molecule has 0 bridgehead atoms. The molecule has 0 saturated carbocycles. The van der Waals surface area contributed by atoms with Gasteiger partial charge in [-0.15, -0.1) is 5.10 Å². The lowest BCUT2D eigenvalue weighted by Crippen LogP contribution is -2.05. The third-order valence-corrected chi connectivity index (χ3v) is 1.27. The van der Waals surface area contributed by atoms with Gasteiger partial charge in [0.1, 0.15) is 0 Å². The van der Waals surface area contributed by atoms with Crippen molar-refractivity contribution in [2.45, 2.75) is 13.1 Å². The normalized spacial score (nSPS) is 10.4. The van der Waals surface area contributed by atoms with E-state index in [9.17, 15) is 0 Å². The second-order valence-electron chi connectivity index (χ2n) is 2.23. The van der Waals surface area contributed by atoms with Gasteiger partial charge in [-0.3, -0.25) is 0 Å². The number of hydrogen-bond donors (Lipinski definition) is 2. The number of nitrogens with one attached hydrogen (secondary N) is 1. The number of aliphatic hydroxyl groups is 1. The fourth-order valence-corrected chi connectivity index (χ4v) is 0.812. The van der Waals surface area contributed by atoms with Crippen LogP contribution in [0.2, 0.25) is 0 Å². The van der Waals surface area contributed by atoms with Gasteiger partial charge in [-0.25, -0.2) is 4.68 Å². The first-order chi connectivity index (χ1) is 5.36. The number of aliphatic hydroxyl groups excluding tert-OH is 1. The molecule has 0 aliphatic carbocycles. The molecule has 0 aliphatic rings. The predicted molar refractivity (Wildman–Crippen MR) is 39.9 cm³/mol. The van der Waals surface area contributed by atoms with Crippen molar-refractivity contribution in [3.8, 4) is 0 Å². The van der Waals surface area contributed by atoms with Gasteiger partial charge in [-0.2, -0.15) is 0 Å². The minimum Gasteiger partial charge on any atom is -0.394 e. The van der Waals surface area contributed by atoms with Crippen molar-refractivity contribution in [1.82, 2.24) is 20.3 Å². The van der Waals surface area contributed by atoms with Crippen LogP contribution in [-0.2, 0) is 13.1 Å². The largest absolute Gasteiger partial charge is 0.394 e. The molecule has 1 aromatic heterocycles. The monoisotopic (exact) mass is 156 g/mol. The highest BCUT2D eigenvalue weighted by Gasteiger charge is 1.96. The molecule has 2 N–H and O–H groups in total. The van der Waals surface area contributed by atoms with Crippen LogP contribution in [0.25, 0.3) is 0 Å². The molecule has 0 saturated heterocycles. The predicted octanol–water partition coefficient (Wildman–Crippen LogP) is -1.01. The highest BCUT2D eigenvalue weighted by molar-refractivity contribution is 4.90. The van der Waals surface area contributed by atoms with Crippen molar-refractivity contribution in [2.75, 3.05) is 13.7 Å². The minimum absolute atomic E-state index is 0.0996. The molecule has 0 aliphatic heterocycles. The standard InChI is InChI=1S/C6H12N4O/c1-7-4-6-5-10(2-3-11)9-8-6/h5,7,11H,2-4H2,1H3. The third-order valence-electron chi connectivity index (χ3n) is 1.27. The van der Waals surface area contributed by atoms with E-state index in [-0.39, 0.29) is 6.61 Å². The van der Waals surface area contributed by atoms with E-state index in [2.05, 4.69) is 15.6 Å². The Hall–Kier alpha value is -0.940. The van der Waals surface area contributed by atoms with Crippen molar-refractivity contribution < 1.29 is 5.11 Å². The van der Waals surface area contributed by atoms with E-state index in [0.29, 0.717) is 13.1 Å². The highest BCUT2D eigenvalue weighted by atomic mass is 16.3. The van der Waals surface area contributed by atoms with Crippen LogP contribution in [0.5, 0.6) is 0 Å². The Morgan fingerprint density at radius 1 is 1.73 bits per heavy atom. The number of aromatic nitrogens is 3. The average Bonchev–Trinajstić information content (AvgIpc) is 2.38. The number of hydrogen-bond acceptors (Lipinski definition) is 4. The van der Waals surface area contributed by atoms with E-state index in [4.69, 9.17) is 5.11 Å². The Morgan fingerprint density at radius 3 is 3.18 bits per heavy atom. The van der Waals surface area contributed by atoms with Gasteiger partial charge in [0.2, 0.25) is 0 Å². The summed E-state index contributed by atoms with van der Waals surface area (Å²) in [6.07, 6.45) is 1.81. The van der Waals surface area contributed by atoms with Crippen LogP contribution in [0.4, 0.5) is 0 Å². The van der Waals surface area contributed by atoms with Gasteiger partial charge in [-0.05, 0) is 7.05 Å². The van der Waals surface area contributed by atoms with E-state index in [0.717, 1.165) is 5.69 Å². The topological polar surface area (TPSA) is 63.0 Å². The van der Waals surface area contributed by atoms with Gasteiger partial charge in [0.25, 0.3) is 0 Å². The van der Waals surface area contributed by atoms with Crippen molar-refractivity contribution in [2.24, 2.45) is 0 Å². The van der Waals surface area contributed by atoms with Gasteiger partial charge >= 0.3 is 0 Å². The molecule has 0 atom stereocenters. The molecule has 0 spiro atoms. The summed E-state index contributed by atoms with van der Waals surface area (Å²) in [5, 5.41) is 19.2. The SMILES string of the molecule is CNCc1cn(CCO)nn1. The van der Waals surface area contributed by atoms with Gasteiger partial charge in [-0.1, -0.05) is 5.21 Å². The van der Waals surface area contributed by atoms with E-state index in [1.165, 1.54) is 0 Å². The maximum absolute atomic E-state index is 8.55. The van der Waals surface area contributed by atoms with E-state index in [1.54, 1.807) is 4.68 Å². The van der Waals surface area contributed by atoms with Crippen molar-refractivity contribution >= 4 is 0 Å². The minimum atomic E-state index is 0.0996.